The Morgan fingerprint density at radius 3 is 2.74 bits per heavy atom. The molecule has 2 N–H and O–H groups in total. The number of carbonyl (C=O) groups excluding carboxylic acids is 1. The van der Waals surface area contributed by atoms with Crippen molar-refractivity contribution in [1.82, 2.24) is 14.6 Å². The molecule has 27 heavy (non-hydrogen) atoms. The second-order valence-electron chi connectivity index (χ2n) is 6.28. The van der Waals surface area contributed by atoms with Crippen molar-refractivity contribution < 1.29 is 14.7 Å². The molecule has 0 aliphatic rings. The minimum atomic E-state index is -0.842. The highest BCUT2D eigenvalue weighted by Crippen LogP contribution is 2.20. The van der Waals surface area contributed by atoms with Gasteiger partial charge in [-0.3, -0.25) is 9.59 Å². The number of rotatable bonds is 6. The van der Waals surface area contributed by atoms with Crippen LogP contribution in [-0.2, 0) is 10.5 Å². The van der Waals surface area contributed by atoms with Gasteiger partial charge in [0.15, 0.2) is 5.65 Å². The maximum atomic E-state index is 12.9. The summed E-state index contributed by atoms with van der Waals surface area (Å²) < 4.78 is 1.68. The van der Waals surface area contributed by atoms with Gasteiger partial charge in [-0.25, -0.2) is 9.50 Å². The molecule has 2 aromatic heterocycles. The lowest BCUT2D eigenvalue weighted by atomic mass is 10.2. The molecule has 0 spiro atoms. The van der Waals surface area contributed by atoms with E-state index in [9.17, 15) is 9.59 Å². The first kappa shape index (κ1) is 18.9. The number of carboxylic acid groups (broad SMARTS) is 1. The third-order valence-electron chi connectivity index (χ3n) is 3.98. The Labute approximate surface area is 160 Å². The summed E-state index contributed by atoms with van der Waals surface area (Å²) in [6.07, 6.45) is 0. The number of carbonyl (C=O) groups is 2. The molecule has 1 amide bonds. The van der Waals surface area contributed by atoms with Crippen molar-refractivity contribution in [1.29, 1.82) is 0 Å². The highest BCUT2D eigenvalue weighted by atomic mass is 32.2. The van der Waals surface area contributed by atoms with Gasteiger partial charge in [0.1, 0.15) is 5.56 Å². The molecule has 0 atom stereocenters. The van der Waals surface area contributed by atoms with Crippen molar-refractivity contribution in [2.75, 3.05) is 11.1 Å². The highest BCUT2D eigenvalue weighted by molar-refractivity contribution is 7.99. The number of aliphatic carboxylic acids is 1. The summed E-state index contributed by atoms with van der Waals surface area (Å²) in [6.45, 7) is 5.60. The number of carboxylic acids is 1. The first-order valence-corrected chi connectivity index (χ1v) is 9.54. The van der Waals surface area contributed by atoms with Crippen LogP contribution in [0.1, 0.15) is 33.0 Å². The molecule has 0 fully saturated rings. The van der Waals surface area contributed by atoms with Crippen LogP contribution >= 0.6 is 11.8 Å². The van der Waals surface area contributed by atoms with Gasteiger partial charge in [0.25, 0.3) is 5.91 Å². The molecule has 0 aliphatic carbocycles. The van der Waals surface area contributed by atoms with Gasteiger partial charge in [-0.2, -0.15) is 5.10 Å². The third kappa shape index (κ3) is 4.28. The molecule has 3 aromatic rings. The van der Waals surface area contributed by atoms with Crippen LogP contribution in [0.2, 0.25) is 0 Å². The first-order valence-electron chi connectivity index (χ1n) is 8.38. The summed E-state index contributed by atoms with van der Waals surface area (Å²) in [5, 5.41) is 16.1. The number of benzene rings is 1. The number of amides is 1. The summed E-state index contributed by atoms with van der Waals surface area (Å²) in [4.78, 5) is 28.0. The fourth-order valence-corrected chi connectivity index (χ4v) is 3.57. The minimum Gasteiger partial charge on any atom is -0.481 e. The molecule has 0 unspecified atom stereocenters. The average Bonchev–Trinajstić information content (AvgIpc) is 2.91. The Morgan fingerprint density at radius 1 is 1.22 bits per heavy atom. The van der Waals surface area contributed by atoms with Gasteiger partial charge in [-0.1, -0.05) is 12.1 Å². The van der Waals surface area contributed by atoms with Crippen LogP contribution in [0.5, 0.6) is 0 Å². The monoisotopic (exact) mass is 384 g/mol. The average molecular weight is 384 g/mol. The molecule has 1 aromatic carbocycles. The Morgan fingerprint density at radius 2 is 2.00 bits per heavy atom. The van der Waals surface area contributed by atoms with E-state index in [4.69, 9.17) is 5.11 Å². The predicted molar refractivity (Wildman–Crippen MR) is 105 cm³/mol. The summed E-state index contributed by atoms with van der Waals surface area (Å²) >= 11 is 1.31. The molecule has 8 heteroatoms. The van der Waals surface area contributed by atoms with E-state index in [-0.39, 0.29) is 11.7 Å². The number of aryl methyl sites for hydroxylation is 3. The van der Waals surface area contributed by atoms with Crippen LogP contribution < -0.4 is 5.32 Å². The number of aromatic nitrogens is 3. The van der Waals surface area contributed by atoms with E-state index < -0.39 is 5.97 Å². The van der Waals surface area contributed by atoms with Gasteiger partial charge in [-0.15, -0.1) is 11.8 Å². The lowest BCUT2D eigenvalue weighted by molar-refractivity contribution is -0.133. The molecule has 140 valence electrons. The number of nitrogens with one attached hydrogen (secondary N) is 1. The molecular weight excluding hydrogens is 364 g/mol. The van der Waals surface area contributed by atoms with E-state index in [0.29, 0.717) is 28.3 Å². The van der Waals surface area contributed by atoms with Crippen LogP contribution in [0.25, 0.3) is 5.65 Å². The third-order valence-corrected chi connectivity index (χ3v) is 4.96. The maximum Gasteiger partial charge on any atom is 0.313 e. The first-order chi connectivity index (χ1) is 12.8. The maximum absolute atomic E-state index is 12.9. The number of hydrogen-bond acceptors (Lipinski definition) is 5. The van der Waals surface area contributed by atoms with E-state index in [1.54, 1.807) is 17.5 Å². The van der Waals surface area contributed by atoms with Crippen molar-refractivity contribution in [2.24, 2.45) is 0 Å². The molecule has 7 nitrogen and oxygen atoms in total. The summed E-state index contributed by atoms with van der Waals surface area (Å²) in [7, 11) is 0. The fraction of sp³-hybridized carbons (Fsp3) is 0.263. The van der Waals surface area contributed by atoms with Gasteiger partial charge in [0, 0.05) is 22.8 Å². The van der Waals surface area contributed by atoms with Crippen LogP contribution in [-0.4, -0.2) is 37.3 Å². The van der Waals surface area contributed by atoms with Crippen molar-refractivity contribution >= 4 is 35.0 Å². The largest absolute Gasteiger partial charge is 0.481 e. The zero-order chi connectivity index (χ0) is 19.6. The SMILES string of the molecule is Cc1cc(C)n2nc(C)c(C(=O)Nc3cccc(CSCC(=O)O)c3)c2n1. The molecular formula is C19H20N4O3S. The normalized spacial score (nSPS) is 10.9. The number of thioether (sulfide) groups is 1. The molecule has 3 rings (SSSR count). The van der Waals surface area contributed by atoms with Crippen LogP contribution in [0, 0.1) is 20.8 Å². The van der Waals surface area contributed by atoms with Gasteiger partial charge >= 0.3 is 5.97 Å². The Balaban J connectivity index is 1.83. The Bertz CT molecular complexity index is 1030. The van der Waals surface area contributed by atoms with E-state index in [2.05, 4.69) is 15.4 Å². The molecule has 0 saturated carbocycles. The van der Waals surface area contributed by atoms with Crippen LogP contribution in [0.3, 0.4) is 0 Å². The standard InChI is InChI=1S/C19H20N4O3S/c1-11-7-12(2)23-18(20-11)17(13(3)22-23)19(26)21-15-6-4-5-14(8-15)9-27-10-16(24)25/h4-8H,9-10H2,1-3H3,(H,21,26)(H,24,25). The van der Waals surface area contributed by atoms with Gasteiger partial charge in [0.05, 0.1) is 11.4 Å². The number of nitrogens with zero attached hydrogens (tertiary/aromatic N) is 3. The van der Waals surface area contributed by atoms with Crippen molar-refractivity contribution in [3.05, 3.63) is 58.5 Å². The van der Waals surface area contributed by atoms with Crippen molar-refractivity contribution in [3.8, 4) is 0 Å². The van der Waals surface area contributed by atoms with E-state index in [0.717, 1.165) is 17.0 Å². The Hall–Kier alpha value is -2.87. The van der Waals surface area contributed by atoms with E-state index in [1.165, 1.54) is 11.8 Å². The summed E-state index contributed by atoms with van der Waals surface area (Å²) in [5.41, 5.74) is 4.94. The number of anilines is 1. The molecule has 0 saturated heterocycles. The number of hydrogen-bond donors (Lipinski definition) is 2. The lowest BCUT2D eigenvalue weighted by Gasteiger charge is -2.07. The van der Waals surface area contributed by atoms with Crippen molar-refractivity contribution in [3.63, 3.8) is 0 Å². The molecule has 0 aliphatic heterocycles. The van der Waals surface area contributed by atoms with Crippen molar-refractivity contribution in [2.45, 2.75) is 26.5 Å². The van der Waals surface area contributed by atoms with E-state index in [1.807, 2.05) is 38.1 Å². The molecule has 0 bridgehead atoms. The predicted octanol–water partition coefficient (Wildman–Crippen LogP) is 3.22. The second kappa shape index (κ2) is 7.79. The quantitative estimate of drug-likeness (QED) is 0.677. The van der Waals surface area contributed by atoms with Gasteiger partial charge in [-0.05, 0) is 44.5 Å². The number of fused-ring (bicyclic) bond motifs is 1. The Kier molecular flexibility index (Phi) is 5.46. The fourth-order valence-electron chi connectivity index (χ4n) is 2.88. The smallest absolute Gasteiger partial charge is 0.313 e. The molecule has 0 radical (unpaired) electrons. The second-order valence-corrected chi connectivity index (χ2v) is 7.26. The minimum absolute atomic E-state index is 0.0442. The van der Waals surface area contributed by atoms with Gasteiger partial charge < -0.3 is 10.4 Å². The highest BCUT2D eigenvalue weighted by Gasteiger charge is 2.20. The van der Waals surface area contributed by atoms with Gasteiger partial charge in [0.2, 0.25) is 0 Å². The zero-order valence-electron chi connectivity index (χ0n) is 15.3. The van der Waals surface area contributed by atoms with Crippen LogP contribution in [0.15, 0.2) is 30.3 Å². The summed E-state index contributed by atoms with van der Waals surface area (Å²) in [5.74, 6) is -0.504. The van der Waals surface area contributed by atoms with E-state index >= 15 is 0 Å². The molecule has 2 heterocycles. The van der Waals surface area contributed by atoms with Crippen LogP contribution in [0.4, 0.5) is 5.69 Å². The zero-order valence-corrected chi connectivity index (χ0v) is 16.1. The summed E-state index contributed by atoms with van der Waals surface area (Å²) in [6, 6.07) is 9.30. The lowest BCUT2D eigenvalue weighted by Crippen LogP contribution is -2.13. The topological polar surface area (TPSA) is 96.6 Å².